The Morgan fingerprint density at radius 2 is 1.82 bits per heavy atom. The first-order valence-electron chi connectivity index (χ1n) is 13.0. The molecule has 10 heteroatoms. The zero-order valence-electron chi connectivity index (χ0n) is 23.0. The van der Waals surface area contributed by atoms with Crippen molar-refractivity contribution in [2.45, 2.75) is 65.5 Å². The van der Waals surface area contributed by atoms with E-state index >= 15 is 0 Å². The minimum absolute atomic E-state index is 0.0839. The summed E-state index contributed by atoms with van der Waals surface area (Å²) in [6, 6.07) is 11.9. The highest BCUT2D eigenvalue weighted by Crippen LogP contribution is 2.30. The fourth-order valence-electron chi connectivity index (χ4n) is 4.21. The number of nitrogens with one attached hydrogen (secondary N) is 1. The Morgan fingerprint density at radius 3 is 2.39 bits per heavy atom. The molecule has 0 bridgehead atoms. The minimum Gasteiger partial charge on any atom is -0.495 e. The molecule has 8 nitrogen and oxygen atoms in total. The lowest BCUT2D eigenvalue weighted by atomic mass is 10.1. The van der Waals surface area contributed by atoms with Gasteiger partial charge < -0.3 is 15.0 Å². The lowest BCUT2D eigenvalue weighted by Crippen LogP contribution is -2.49. The highest BCUT2D eigenvalue weighted by atomic mass is 35.5. The summed E-state index contributed by atoms with van der Waals surface area (Å²) in [7, 11) is -2.15. The van der Waals surface area contributed by atoms with Gasteiger partial charge in [-0.05, 0) is 55.5 Å². The monoisotopic (exact) mass is 565 g/mol. The number of amides is 2. The van der Waals surface area contributed by atoms with E-state index < -0.39 is 16.1 Å². The van der Waals surface area contributed by atoms with Gasteiger partial charge in [0.05, 0.1) is 24.1 Å². The fraction of sp³-hybridized carbons (Fsp3) is 0.500. The van der Waals surface area contributed by atoms with E-state index in [0.29, 0.717) is 36.0 Å². The van der Waals surface area contributed by atoms with Gasteiger partial charge in [0.1, 0.15) is 11.8 Å². The Morgan fingerprint density at radius 1 is 1.11 bits per heavy atom. The third kappa shape index (κ3) is 8.91. The zero-order chi connectivity index (χ0) is 28.3. The molecular formula is C28H40ClN3O5S. The van der Waals surface area contributed by atoms with Crippen molar-refractivity contribution in [3.8, 4) is 5.75 Å². The van der Waals surface area contributed by atoms with Crippen LogP contribution < -0.4 is 14.4 Å². The number of aryl methyl sites for hydroxylation is 1. The summed E-state index contributed by atoms with van der Waals surface area (Å²) in [4.78, 5) is 28.2. The number of hydrogen-bond donors (Lipinski definition) is 1. The van der Waals surface area contributed by atoms with Crippen molar-refractivity contribution in [3.63, 3.8) is 0 Å². The Labute approximate surface area is 232 Å². The molecule has 0 aliphatic rings. The molecule has 1 N–H and O–H groups in total. The Hall–Kier alpha value is -2.78. The Balaban J connectivity index is 2.23. The highest BCUT2D eigenvalue weighted by Gasteiger charge is 2.29. The maximum atomic E-state index is 13.5. The number of halogens is 1. The molecule has 0 saturated heterocycles. The van der Waals surface area contributed by atoms with Crippen LogP contribution in [0.1, 0.15) is 57.1 Å². The van der Waals surface area contributed by atoms with E-state index in [1.54, 1.807) is 17.0 Å². The molecule has 2 aromatic rings. The summed E-state index contributed by atoms with van der Waals surface area (Å²) >= 11 is 6.22. The van der Waals surface area contributed by atoms with Crippen LogP contribution in [0.5, 0.6) is 5.75 Å². The first-order chi connectivity index (χ1) is 18.0. The summed E-state index contributed by atoms with van der Waals surface area (Å²) < 4.78 is 31.5. The highest BCUT2D eigenvalue weighted by molar-refractivity contribution is 7.92. The van der Waals surface area contributed by atoms with Crippen LogP contribution in [0.4, 0.5) is 5.69 Å². The molecule has 0 spiro atoms. The average Bonchev–Trinajstić information content (AvgIpc) is 2.86. The van der Waals surface area contributed by atoms with Crippen molar-refractivity contribution >= 4 is 39.1 Å². The largest absolute Gasteiger partial charge is 0.495 e. The molecule has 1 atom stereocenters. The number of carbonyl (C=O) groups is 2. The van der Waals surface area contributed by atoms with Gasteiger partial charge in [-0.15, -0.1) is 0 Å². The van der Waals surface area contributed by atoms with Crippen LogP contribution in [0.25, 0.3) is 0 Å². The number of unbranched alkanes of at least 4 members (excludes halogenated alkanes) is 1. The zero-order valence-corrected chi connectivity index (χ0v) is 24.6. The van der Waals surface area contributed by atoms with Gasteiger partial charge in [0, 0.05) is 26.1 Å². The van der Waals surface area contributed by atoms with Crippen LogP contribution in [-0.4, -0.2) is 57.6 Å². The van der Waals surface area contributed by atoms with Crippen LogP contribution >= 0.6 is 11.6 Å². The molecule has 0 radical (unpaired) electrons. The number of rotatable bonds is 15. The molecule has 0 aliphatic heterocycles. The molecule has 2 aromatic carbocycles. The molecule has 0 aliphatic carbocycles. The standard InChI is InChI=1S/C28H40ClN3O5S/c1-6-8-17-30-28(34)25(7-2)31(20-22-13-10-9-12-21(22)3)27(33)14-11-18-32(38(5,35)36)23-15-16-26(37-4)24(29)19-23/h9-10,12-13,15-16,19,25H,6-8,11,14,17-18,20H2,1-5H3,(H,30,34)/t25-/m0/s1. The Bertz CT molecular complexity index is 1190. The van der Waals surface area contributed by atoms with Crippen molar-refractivity contribution in [1.82, 2.24) is 10.2 Å². The molecule has 210 valence electrons. The van der Waals surface area contributed by atoms with E-state index in [0.717, 1.165) is 30.2 Å². The summed E-state index contributed by atoms with van der Waals surface area (Å²) in [6.07, 6.45) is 3.76. The molecule has 38 heavy (non-hydrogen) atoms. The van der Waals surface area contributed by atoms with Gasteiger partial charge in [-0.3, -0.25) is 13.9 Å². The SMILES string of the molecule is CCCCNC(=O)[C@H](CC)N(Cc1ccccc1C)C(=O)CCCN(c1ccc(OC)c(Cl)c1)S(C)(=O)=O. The van der Waals surface area contributed by atoms with Gasteiger partial charge in [-0.1, -0.05) is 56.1 Å². The van der Waals surface area contributed by atoms with E-state index in [1.807, 2.05) is 38.1 Å². The van der Waals surface area contributed by atoms with Crippen LogP contribution in [-0.2, 0) is 26.2 Å². The van der Waals surface area contributed by atoms with Crippen LogP contribution in [0, 0.1) is 6.92 Å². The average molecular weight is 566 g/mol. The van der Waals surface area contributed by atoms with Gasteiger partial charge in [0.25, 0.3) is 0 Å². The van der Waals surface area contributed by atoms with Crippen molar-refractivity contribution < 1.29 is 22.7 Å². The summed E-state index contributed by atoms with van der Waals surface area (Å²) in [6.45, 7) is 6.87. The number of benzene rings is 2. The van der Waals surface area contributed by atoms with E-state index in [1.165, 1.54) is 17.5 Å². The molecule has 0 saturated carbocycles. The summed E-state index contributed by atoms with van der Waals surface area (Å²) in [5.74, 6) is 0.0641. The third-order valence-corrected chi connectivity index (χ3v) is 7.88. The van der Waals surface area contributed by atoms with Gasteiger partial charge >= 0.3 is 0 Å². The molecule has 0 unspecified atom stereocenters. The van der Waals surface area contributed by atoms with Gasteiger partial charge in [-0.25, -0.2) is 8.42 Å². The smallest absolute Gasteiger partial charge is 0.242 e. The predicted octanol–water partition coefficient (Wildman–Crippen LogP) is 4.93. The third-order valence-electron chi connectivity index (χ3n) is 6.39. The number of methoxy groups -OCH3 is 1. The van der Waals surface area contributed by atoms with Gasteiger partial charge in [-0.2, -0.15) is 0 Å². The van der Waals surface area contributed by atoms with E-state index in [2.05, 4.69) is 12.2 Å². The molecule has 0 aromatic heterocycles. The maximum Gasteiger partial charge on any atom is 0.242 e. The Kier molecular flexibility index (Phi) is 12.4. The quantitative estimate of drug-likeness (QED) is 0.309. The number of sulfonamides is 1. The molecule has 0 heterocycles. The van der Waals surface area contributed by atoms with Crippen molar-refractivity contribution in [3.05, 3.63) is 58.6 Å². The molecular weight excluding hydrogens is 526 g/mol. The van der Waals surface area contributed by atoms with Crippen LogP contribution in [0.15, 0.2) is 42.5 Å². The van der Waals surface area contributed by atoms with E-state index in [4.69, 9.17) is 16.3 Å². The van der Waals surface area contributed by atoms with Crippen LogP contribution in [0.2, 0.25) is 5.02 Å². The fourth-order valence-corrected chi connectivity index (χ4v) is 5.42. The lowest BCUT2D eigenvalue weighted by molar-refractivity contribution is -0.141. The maximum absolute atomic E-state index is 13.5. The lowest BCUT2D eigenvalue weighted by Gasteiger charge is -2.31. The summed E-state index contributed by atoms with van der Waals surface area (Å²) in [5, 5.41) is 3.25. The van der Waals surface area contributed by atoms with Crippen molar-refractivity contribution in [1.29, 1.82) is 0 Å². The second-order valence-electron chi connectivity index (χ2n) is 9.27. The van der Waals surface area contributed by atoms with Crippen LogP contribution in [0.3, 0.4) is 0 Å². The first kappa shape index (κ1) is 31.4. The van der Waals surface area contributed by atoms with Crippen molar-refractivity contribution in [2.75, 3.05) is 30.8 Å². The number of anilines is 1. The second-order valence-corrected chi connectivity index (χ2v) is 11.6. The normalized spacial score (nSPS) is 12.1. The van der Waals surface area contributed by atoms with Crippen molar-refractivity contribution in [2.24, 2.45) is 0 Å². The van der Waals surface area contributed by atoms with Gasteiger partial charge in [0.2, 0.25) is 21.8 Å². The first-order valence-corrected chi connectivity index (χ1v) is 15.2. The topological polar surface area (TPSA) is 96.0 Å². The number of carbonyl (C=O) groups excluding carboxylic acids is 2. The second kappa shape index (κ2) is 15.0. The molecule has 0 fully saturated rings. The number of nitrogens with zero attached hydrogens (tertiary/aromatic N) is 2. The predicted molar refractivity (Wildman–Crippen MR) is 153 cm³/mol. The van der Waals surface area contributed by atoms with E-state index in [-0.39, 0.29) is 31.2 Å². The minimum atomic E-state index is -3.63. The number of hydrogen-bond acceptors (Lipinski definition) is 5. The van der Waals surface area contributed by atoms with Gasteiger partial charge in [0.15, 0.2) is 0 Å². The molecule has 2 amide bonds. The van der Waals surface area contributed by atoms with E-state index in [9.17, 15) is 18.0 Å². The number of ether oxygens (including phenoxy) is 1. The summed E-state index contributed by atoms with van der Waals surface area (Å²) in [5.41, 5.74) is 2.39. The molecule has 2 rings (SSSR count).